The van der Waals surface area contributed by atoms with E-state index in [9.17, 15) is 9.90 Å². The van der Waals surface area contributed by atoms with Crippen molar-refractivity contribution in [3.8, 4) is 5.75 Å². The molecule has 1 amide bonds. The van der Waals surface area contributed by atoms with Crippen molar-refractivity contribution in [1.29, 1.82) is 0 Å². The molecule has 2 heterocycles. The summed E-state index contributed by atoms with van der Waals surface area (Å²) < 4.78 is 0. The molecule has 1 aromatic heterocycles. The van der Waals surface area contributed by atoms with Crippen LogP contribution in [-0.4, -0.2) is 52.0 Å². The highest BCUT2D eigenvalue weighted by Crippen LogP contribution is 2.26. The number of aryl methyl sites for hydroxylation is 1. The van der Waals surface area contributed by atoms with Crippen LogP contribution in [0.3, 0.4) is 0 Å². The van der Waals surface area contributed by atoms with Gasteiger partial charge in [-0.2, -0.15) is 0 Å². The van der Waals surface area contributed by atoms with Gasteiger partial charge in [-0.25, -0.2) is 0 Å². The van der Waals surface area contributed by atoms with E-state index < -0.39 is 0 Å². The lowest BCUT2D eigenvalue weighted by Gasteiger charge is -2.35. The molecule has 0 unspecified atom stereocenters. The fourth-order valence-electron chi connectivity index (χ4n) is 3.81. The number of nitrogens with zero attached hydrogens (tertiary/aromatic N) is 3. The van der Waals surface area contributed by atoms with Crippen molar-refractivity contribution < 1.29 is 9.90 Å². The molecule has 4 rings (SSSR count). The summed E-state index contributed by atoms with van der Waals surface area (Å²) in [7, 11) is 0. The predicted molar refractivity (Wildman–Crippen MR) is 115 cm³/mol. The van der Waals surface area contributed by atoms with Crippen molar-refractivity contribution in [2.45, 2.75) is 19.4 Å². The van der Waals surface area contributed by atoms with Crippen molar-refractivity contribution >= 4 is 28.4 Å². The van der Waals surface area contributed by atoms with Crippen LogP contribution in [0, 0.1) is 0 Å². The normalized spacial score (nSPS) is 15.0. The van der Waals surface area contributed by atoms with Crippen LogP contribution in [-0.2, 0) is 17.8 Å². The summed E-state index contributed by atoms with van der Waals surface area (Å²) in [4.78, 5) is 21.2. The van der Waals surface area contributed by atoms with Gasteiger partial charge in [-0.05, 0) is 41.8 Å². The van der Waals surface area contributed by atoms with Gasteiger partial charge in [0.25, 0.3) is 0 Å². The molecule has 0 bridgehead atoms. The molecule has 29 heavy (non-hydrogen) atoms. The molecule has 1 fully saturated rings. The van der Waals surface area contributed by atoms with Gasteiger partial charge in [0.15, 0.2) is 0 Å². The van der Waals surface area contributed by atoms with Crippen LogP contribution in [0.1, 0.15) is 17.5 Å². The number of amides is 1. The lowest BCUT2D eigenvalue weighted by Crippen LogP contribution is -2.48. The van der Waals surface area contributed by atoms with E-state index in [2.05, 4.69) is 9.88 Å². The second-order valence-electron chi connectivity index (χ2n) is 7.43. The third kappa shape index (κ3) is 4.69. The van der Waals surface area contributed by atoms with Gasteiger partial charge in [-0.3, -0.25) is 14.7 Å². The maximum atomic E-state index is 12.6. The van der Waals surface area contributed by atoms with E-state index >= 15 is 0 Å². The number of aromatic hydroxyl groups is 1. The molecule has 2 aromatic carbocycles. The Hall–Kier alpha value is -2.63. The minimum absolute atomic E-state index is 0.207. The zero-order valence-electron chi connectivity index (χ0n) is 16.2. The van der Waals surface area contributed by atoms with E-state index in [0.717, 1.165) is 55.7 Å². The number of phenolic OH excluding ortho intramolecular Hbond substituents is 1. The molecule has 0 atom stereocenters. The SMILES string of the molecule is O=C(CCc1ccc(Cl)cc1)N1CCN(Cc2ccc(O)c3ncccc23)CC1. The molecule has 6 heteroatoms. The highest BCUT2D eigenvalue weighted by atomic mass is 35.5. The van der Waals surface area contributed by atoms with E-state index in [1.165, 1.54) is 0 Å². The van der Waals surface area contributed by atoms with Gasteiger partial charge in [-0.15, -0.1) is 0 Å². The Bertz CT molecular complexity index is 999. The first-order valence-electron chi connectivity index (χ1n) is 9.90. The number of pyridine rings is 1. The average Bonchev–Trinajstić information content (AvgIpc) is 2.76. The summed E-state index contributed by atoms with van der Waals surface area (Å²) >= 11 is 5.91. The Morgan fingerprint density at radius 2 is 1.79 bits per heavy atom. The van der Waals surface area contributed by atoms with Gasteiger partial charge in [-0.1, -0.05) is 35.9 Å². The van der Waals surface area contributed by atoms with Crippen molar-refractivity contribution in [1.82, 2.24) is 14.8 Å². The van der Waals surface area contributed by atoms with Gasteiger partial charge in [0.05, 0.1) is 0 Å². The number of benzene rings is 2. The monoisotopic (exact) mass is 409 g/mol. The number of piperazine rings is 1. The molecule has 3 aromatic rings. The molecule has 0 aliphatic carbocycles. The van der Waals surface area contributed by atoms with Crippen LogP contribution in [0.15, 0.2) is 54.7 Å². The molecule has 1 aliphatic rings. The van der Waals surface area contributed by atoms with Crippen molar-refractivity contribution in [3.05, 3.63) is 70.9 Å². The topological polar surface area (TPSA) is 56.7 Å². The van der Waals surface area contributed by atoms with Gasteiger partial charge in [0.1, 0.15) is 11.3 Å². The molecule has 0 radical (unpaired) electrons. The molecule has 5 nitrogen and oxygen atoms in total. The third-order valence-corrected chi connectivity index (χ3v) is 5.75. The van der Waals surface area contributed by atoms with Crippen LogP contribution < -0.4 is 0 Å². The first kappa shape index (κ1) is 19.7. The number of hydrogen-bond acceptors (Lipinski definition) is 4. The Morgan fingerprint density at radius 3 is 2.55 bits per heavy atom. The molecular formula is C23H24ClN3O2. The largest absolute Gasteiger partial charge is 0.506 e. The summed E-state index contributed by atoms with van der Waals surface area (Å²) in [6.07, 6.45) is 2.96. The smallest absolute Gasteiger partial charge is 0.222 e. The van der Waals surface area contributed by atoms with E-state index in [1.54, 1.807) is 12.3 Å². The van der Waals surface area contributed by atoms with Gasteiger partial charge >= 0.3 is 0 Å². The summed E-state index contributed by atoms with van der Waals surface area (Å²) in [5.74, 6) is 0.416. The lowest BCUT2D eigenvalue weighted by atomic mass is 10.1. The molecule has 1 saturated heterocycles. The third-order valence-electron chi connectivity index (χ3n) is 5.50. The van der Waals surface area contributed by atoms with E-state index in [4.69, 9.17) is 11.6 Å². The number of hydrogen-bond donors (Lipinski definition) is 1. The Kier molecular flexibility index (Phi) is 5.97. The molecule has 1 N–H and O–H groups in total. The second-order valence-corrected chi connectivity index (χ2v) is 7.86. The van der Waals surface area contributed by atoms with Crippen molar-refractivity contribution in [2.75, 3.05) is 26.2 Å². The second kappa shape index (κ2) is 8.80. The Morgan fingerprint density at radius 1 is 1.03 bits per heavy atom. The van der Waals surface area contributed by atoms with Crippen molar-refractivity contribution in [3.63, 3.8) is 0 Å². The number of fused-ring (bicyclic) bond motifs is 1. The highest BCUT2D eigenvalue weighted by molar-refractivity contribution is 6.30. The Labute approximate surface area is 175 Å². The lowest BCUT2D eigenvalue weighted by molar-refractivity contribution is -0.133. The zero-order chi connectivity index (χ0) is 20.2. The number of carbonyl (C=O) groups excluding carboxylic acids is 1. The standard InChI is InChI=1S/C23H24ClN3O2/c24-19-7-3-17(4-8-19)5-10-22(29)27-14-12-26(13-15-27)16-18-6-9-21(28)23-20(18)2-1-11-25-23/h1-4,6-9,11,28H,5,10,12-16H2. The van der Waals surface area contributed by atoms with E-state index in [0.29, 0.717) is 17.0 Å². The van der Waals surface area contributed by atoms with Gasteiger partial charge < -0.3 is 10.0 Å². The number of aromatic nitrogens is 1. The summed E-state index contributed by atoms with van der Waals surface area (Å²) in [5.41, 5.74) is 2.92. The number of phenols is 1. The zero-order valence-corrected chi connectivity index (χ0v) is 17.0. The molecule has 0 spiro atoms. The van der Waals surface area contributed by atoms with Crippen LogP contribution in [0.5, 0.6) is 5.75 Å². The predicted octanol–water partition coefficient (Wildman–Crippen LogP) is 3.87. The molecule has 1 aliphatic heterocycles. The van der Waals surface area contributed by atoms with Crippen molar-refractivity contribution in [2.24, 2.45) is 0 Å². The minimum atomic E-state index is 0.207. The average molecular weight is 410 g/mol. The highest BCUT2D eigenvalue weighted by Gasteiger charge is 2.21. The first-order chi connectivity index (χ1) is 14.1. The van der Waals surface area contributed by atoms with Crippen LogP contribution >= 0.6 is 11.6 Å². The molecule has 150 valence electrons. The van der Waals surface area contributed by atoms with Crippen LogP contribution in [0.25, 0.3) is 10.9 Å². The number of rotatable bonds is 5. The summed E-state index contributed by atoms with van der Waals surface area (Å²) in [5, 5.41) is 11.7. The molecular weight excluding hydrogens is 386 g/mol. The fraction of sp³-hybridized carbons (Fsp3) is 0.304. The molecule has 0 saturated carbocycles. The fourth-order valence-corrected chi connectivity index (χ4v) is 3.94. The Balaban J connectivity index is 1.31. The minimum Gasteiger partial charge on any atom is -0.506 e. The number of halogens is 1. The first-order valence-corrected chi connectivity index (χ1v) is 10.3. The van der Waals surface area contributed by atoms with Crippen LogP contribution in [0.4, 0.5) is 0 Å². The number of carbonyl (C=O) groups is 1. The van der Waals surface area contributed by atoms with E-state index in [-0.39, 0.29) is 11.7 Å². The van der Waals surface area contributed by atoms with E-state index in [1.807, 2.05) is 47.4 Å². The summed E-state index contributed by atoms with van der Waals surface area (Å²) in [6, 6.07) is 15.2. The van der Waals surface area contributed by atoms with Gasteiger partial charge in [0.2, 0.25) is 5.91 Å². The van der Waals surface area contributed by atoms with Gasteiger partial charge in [0, 0.05) is 55.8 Å². The maximum absolute atomic E-state index is 12.6. The summed E-state index contributed by atoms with van der Waals surface area (Å²) in [6.45, 7) is 3.96. The maximum Gasteiger partial charge on any atom is 0.222 e. The van der Waals surface area contributed by atoms with Crippen LogP contribution in [0.2, 0.25) is 5.02 Å². The quantitative estimate of drug-likeness (QED) is 0.695.